The van der Waals surface area contributed by atoms with E-state index in [1.165, 1.54) is 12.1 Å². The lowest BCUT2D eigenvalue weighted by Gasteiger charge is -2.10. The van der Waals surface area contributed by atoms with E-state index in [0.717, 1.165) is 0 Å². The second kappa shape index (κ2) is 8.16. The molecular weight excluding hydrogens is 314 g/mol. The van der Waals surface area contributed by atoms with E-state index in [1.807, 2.05) is 5.87 Å². The first kappa shape index (κ1) is 16.8. The summed E-state index contributed by atoms with van der Waals surface area (Å²) in [5, 5.41) is 7.54. The number of esters is 1. The van der Waals surface area contributed by atoms with Gasteiger partial charge in [-0.2, -0.15) is 0 Å². The summed E-state index contributed by atoms with van der Waals surface area (Å²) >= 11 is 10.6. The number of rotatable bonds is 4. The van der Waals surface area contributed by atoms with Crippen molar-refractivity contribution in [2.24, 2.45) is 0 Å². The number of ether oxygens (including phenoxy) is 1. The Labute approximate surface area is 131 Å². The fourth-order valence-electron chi connectivity index (χ4n) is 1.25. The highest BCUT2D eigenvalue weighted by atomic mass is 35.5. The molecule has 1 aromatic rings. The van der Waals surface area contributed by atoms with Gasteiger partial charge in [0, 0.05) is 10.6 Å². The second-order valence-electron chi connectivity index (χ2n) is 3.64. The smallest absolute Gasteiger partial charge is 0.350 e. The van der Waals surface area contributed by atoms with Crippen LogP contribution in [-0.2, 0) is 9.53 Å². The van der Waals surface area contributed by atoms with Crippen LogP contribution in [0.5, 0.6) is 0 Å². The number of hydrazine groups is 1. The van der Waals surface area contributed by atoms with Gasteiger partial charge in [0.15, 0.2) is 5.57 Å². The molecule has 0 atom stereocenters. The maximum Gasteiger partial charge on any atom is 0.350 e. The van der Waals surface area contributed by atoms with Gasteiger partial charge in [0.25, 0.3) is 5.91 Å². The van der Waals surface area contributed by atoms with Crippen LogP contribution in [0.2, 0.25) is 5.02 Å². The van der Waals surface area contributed by atoms with Crippen LogP contribution in [-0.4, -0.2) is 29.3 Å². The summed E-state index contributed by atoms with van der Waals surface area (Å²) in [4.78, 5) is 23.1. The van der Waals surface area contributed by atoms with Crippen molar-refractivity contribution < 1.29 is 14.3 Å². The van der Waals surface area contributed by atoms with E-state index < -0.39 is 11.9 Å². The van der Waals surface area contributed by atoms with Crippen molar-refractivity contribution in [2.75, 3.05) is 6.61 Å². The van der Waals surface area contributed by atoms with E-state index in [9.17, 15) is 9.59 Å². The molecule has 0 aliphatic rings. The minimum atomic E-state index is -0.786. The van der Waals surface area contributed by atoms with Crippen molar-refractivity contribution in [1.29, 1.82) is 5.41 Å². The van der Waals surface area contributed by atoms with Crippen LogP contribution < -0.4 is 10.9 Å². The molecule has 1 aromatic carbocycles. The highest BCUT2D eigenvalue weighted by Crippen LogP contribution is 2.09. The highest BCUT2D eigenvalue weighted by molar-refractivity contribution is 7.80. The molecule has 0 aromatic heterocycles. The van der Waals surface area contributed by atoms with Crippen LogP contribution >= 0.6 is 23.8 Å². The molecule has 0 fully saturated rings. The van der Waals surface area contributed by atoms with Crippen LogP contribution in [0.15, 0.2) is 29.8 Å². The Hall–Kier alpha value is -2.21. The first-order valence-electron chi connectivity index (χ1n) is 5.82. The summed E-state index contributed by atoms with van der Waals surface area (Å²) in [6.07, 6.45) is 0. The van der Waals surface area contributed by atoms with Gasteiger partial charge in [-0.05, 0) is 37.1 Å². The minimum Gasteiger partial charge on any atom is -0.462 e. The standard InChI is InChI=1S/C13H12ClN3O3S/c1-2-20-13(19)10(7-15)12(21)17-16-11(18)8-3-5-9(14)6-4-8/h3-6,15H,2H2,1H3,(H,16,18)(H,17,21). The molecule has 0 aliphatic carbocycles. The highest BCUT2D eigenvalue weighted by Gasteiger charge is 2.17. The van der Waals surface area contributed by atoms with E-state index in [-0.39, 0.29) is 17.2 Å². The lowest BCUT2D eigenvalue weighted by atomic mass is 10.2. The molecular formula is C13H12ClN3O3S. The van der Waals surface area contributed by atoms with Crippen LogP contribution in [0.25, 0.3) is 0 Å². The zero-order valence-corrected chi connectivity index (χ0v) is 12.6. The molecule has 0 bridgehead atoms. The van der Waals surface area contributed by atoms with Crippen molar-refractivity contribution in [3.63, 3.8) is 0 Å². The minimum absolute atomic E-state index is 0.143. The predicted molar refractivity (Wildman–Crippen MR) is 82.5 cm³/mol. The van der Waals surface area contributed by atoms with Gasteiger partial charge in [-0.3, -0.25) is 21.1 Å². The Morgan fingerprint density at radius 3 is 2.48 bits per heavy atom. The van der Waals surface area contributed by atoms with Crippen molar-refractivity contribution >= 4 is 46.6 Å². The number of hydrogen-bond acceptors (Lipinski definition) is 5. The molecule has 0 spiro atoms. The summed E-state index contributed by atoms with van der Waals surface area (Å²) in [6.45, 7) is 1.77. The Kier molecular flexibility index (Phi) is 6.55. The quantitative estimate of drug-likeness (QED) is 0.257. The van der Waals surface area contributed by atoms with Gasteiger partial charge in [0.1, 0.15) is 4.99 Å². The van der Waals surface area contributed by atoms with Crippen molar-refractivity contribution in [3.05, 3.63) is 40.4 Å². The van der Waals surface area contributed by atoms with Crippen LogP contribution in [0.4, 0.5) is 0 Å². The summed E-state index contributed by atoms with van der Waals surface area (Å²) in [5.74, 6) is 0.621. The summed E-state index contributed by atoms with van der Waals surface area (Å²) in [7, 11) is 0. The van der Waals surface area contributed by atoms with E-state index >= 15 is 0 Å². The normalized spacial score (nSPS) is 9.24. The molecule has 0 aliphatic heterocycles. The van der Waals surface area contributed by atoms with E-state index in [0.29, 0.717) is 10.6 Å². The first-order valence-corrected chi connectivity index (χ1v) is 6.61. The van der Waals surface area contributed by atoms with Crippen molar-refractivity contribution in [3.8, 4) is 0 Å². The zero-order chi connectivity index (χ0) is 15.8. The largest absolute Gasteiger partial charge is 0.462 e. The van der Waals surface area contributed by atoms with E-state index in [1.54, 1.807) is 19.1 Å². The van der Waals surface area contributed by atoms with E-state index in [4.69, 9.17) is 34.0 Å². The van der Waals surface area contributed by atoms with Gasteiger partial charge < -0.3 is 4.74 Å². The molecule has 0 radical (unpaired) electrons. The SMILES string of the molecule is CCOC(=O)C(=C=N)C(=S)NNC(=O)c1ccc(Cl)cc1. The molecule has 21 heavy (non-hydrogen) atoms. The molecule has 3 N–H and O–H groups in total. The third-order valence-electron chi connectivity index (χ3n) is 2.23. The summed E-state index contributed by atoms with van der Waals surface area (Å²) in [5.41, 5.74) is 4.75. The monoisotopic (exact) mass is 325 g/mol. The summed E-state index contributed by atoms with van der Waals surface area (Å²) < 4.78 is 4.71. The number of hydrogen-bond donors (Lipinski definition) is 3. The van der Waals surface area contributed by atoms with E-state index in [2.05, 4.69) is 10.9 Å². The maximum atomic E-state index is 11.8. The Morgan fingerprint density at radius 1 is 1.33 bits per heavy atom. The average Bonchev–Trinajstić information content (AvgIpc) is 2.46. The Balaban J connectivity index is 2.63. The number of benzene rings is 1. The molecule has 0 unspecified atom stereocenters. The zero-order valence-electron chi connectivity index (χ0n) is 11.0. The fraction of sp³-hybridized carbons (Fsp3) is 0.154. The van der Waals surface area contributed by atoms with Gasteiger partial charge in [0.05, 0.1) is 6.61 Å². The van der Waals surface area contributed by atoms with Crippen molar-refractivity contribution in [1.82, 2.24) is 10.9 Å². The maximum absolute atomic E-state index is 11.8. The first-order chi connectivity index (χ1) is 9.99. The molecule has 1 amide bonds. The fourth-order valence-corrected chi connectivity index (χ4v) is 1.56. The van der Waals surface area contributed by atoms with Gasteiger partial charge in [-0.1, -0.05) is 23.8 Å². The van der Waals surface area contributed by atoms with Gasteiger partial charge in [-0.15, -0.1) is 0 Å². The number of amides is 1. The molecule has 6 nitrogen and oxygen atoms in total. The van der Waals surface area contributed by atoms with Crippen molar-refractivity contribution in [2.45, 2.75) is 6.92 Å². The number of carbonyl (C=O) groups is 2. The lowest BCUT2D eigenvalue weighted by molar-refractivity contribution is -0.137. The Morgan fingerprint density at radius 2 is 1.95 bits per heavy atom. The number of nitrogens with one attached hydrogen (secondary N) is 3. The number of carbonyl (C=O) groups excluding carboxylic acids is 2. The van der Waals surface area contributed by atoms with Gasteiger partial charge in [0.2, 0.25) is 0 Å². The van der Waals surface area contributed by atoms with Gasteiger partial charge >= 0.3 is 5.97 Å². The topological polar surface area (TPSA) is 91.3 Å². The van der Waals surface area contributed by atoms with Crippen LogP contribution in [0, 0.1) is 5.41 Å². The third-order valence-corrected chi connectivity index (χ3v) is 2.79. The lowest BCUT2D eigenvalue weighted by Crippen LogP contribution is -2.42. The summed E-state index contributed by atoms with van der Waals surface area (Å²) in [6, 6.07) is 6.19. The average molecular weight is 326 g/mol. The van der Waals surface area contributed by atoms with Crippen LogP contribution in [0.3, 0.4) is 0 Å². The van der Waals surface area contributed by atoms with Crippen LogP contribution in [0.1, 0.15) is 17.3 Å². The number of thiocarbonyl (C=S) groups is 1. The molecule has 8 heteroatoms. The predicted octanol–water partition coefficient (Wildman–Crippen LogP) is 1.64. The molecule has 1 rings (SSSR count). The van der Waals surface area contributed by atoms with Gasteiger partial charge in [-0.25, -0.2) is 4.79 Å². The Bertz CT molecular complexity index is 610. The second-order valence-corrected chi connectivity index (χ2v) is 4.48. The number of halogens is 1. The molecule has 0 saturated heterocycles. The third kappa shape index (κ3) is 5.00. The molecule has 0 heterocycles. The molecule has 0 saturated carbocycles. The molecule has 110 valence electrons.